The fourth-order valence-electron chi connectivity index (χ4n) is 4.07. The third kappa shape index (κ3) is 4.28. The number of hydrogen-bond donors (Lipinski definition) is 2. The Labute approximate surface area is 184 Å². The van der Waals surface area contributed by atoms with Crippen LogP contribution in [0.5, 0.6) is 0 Å². The quantitative estimate of drug-likeness (QED) is 0.362. The molecule has 3 aromatic rings. The van der Waals surface area contributed by atoms with Crippen molar-refractivity contribution in [3.8, 4) is 0 Å². The molecule has 0 saturated carbocycles. The van der Waals surface area contributed by atoms with E-state index < -0.39 is 6.10 Å². The predicted molar refractivity (Wildman–Crippen MR) is 124 cm³/mol. The molecule has 6 nitrogen and oxygen atoms in total. The molecule has 160 valence electrons. The molecule has 0 aliphatic carbocycles. The van der Waals surface area contributed by atoms with Crippen LogP contribution in [-0.2, 0) is 11.2 Å². The van der Waals surface area contributed by atoms with Crippen molar-refractivity contribution < 1.29 is 9.84 Å². The van der Waals surface area contributed by atoms with E-state index in [0.717, 1.165) is 21.9 Å². The first kappa shape index (κ1) is 21.3. The molecule has 0 spiro atoms. The van der Waals surface area contributed by atoms with Gasteiger partial charge in [0.2, 0.25) is 0 Å². The van der Waals surface area contributed by atoms with Crippen LogP contribution in [0.2, 0.25) is 0 Å². The fraction of sp³-hybridized carbons (Fsp3) is 0.250. The van der Waals surface area contributed by atoms with Crippen molar-refractivity contribution in [2.45, 2.75) is 25.0 Å². The van der Waals surface area contributed by atoms with E-state index >= 15 is 0 Å². The summed E-state index contributed by atoms with van der Waals surface area (Å²) in [6, 6.07) is 9.42. The molecule has 3 N–H and O–H groups in total. The van der Waals surface area contributed by atoms with Crippen LogP contribution in [0.4, 0.5) is 0 Å². The molecule has 2 aromatic carbocycles. The molecule has 1 saturated heterocycles. The highest BCUT2D eigenvalue weighted by molar-refractivity contribution is 6.29. The molecule has 1 aliphatic heterocycles. The van der Waals surface area contributed by atoms with Crippen molar-refractivity contribution in [1.29, 1.82) is 0 Å². The van der Waals surface area contributed by atoms with Crippen LogP contribution in [0.3, 0.4) is 0 Å². The number of ether oxygens (including phenoxy) is 1. The van der Waals surface area contributed by atoms with Gasteiger partial charge in [-0.2, -0.15) is 0 Å². The molecule has 4 rings (SSSR count). The Bertz CT molecular complexity index is 1260. The highest BCUT2D eigenvalue weighted by Gasteiger charge is 2.27. The van der Waals surface area contributed by atoms with Gasteiger partial charge in [-0.1, -0.05) is 54.6 Å². The van der Waals surface area contributed by atoms with E-state index in [9.17, 15) is 9.90 Å². The van der Waals surface area contributed by atoms with Gasteiger partial charge in [0.05, 0.1) is 41.1 Å². The Morgan fingerprint density at radius 2 is 2.10 bits per heavy atom. The van der Waals surface area contributed by atoms with Crippen molar-refractivity contribution in [3.63, 3.8) is 0 Å². The standard InChI is InChI=1S/C24H24ClN3O3/c1-2-15(7-8-22(25)26)11-16-12-19-23(18-6-4-3-5-17(16)18)27-14-28(24(19)30)20-9-10-31-13-21(20)29/h2-8,12,14,20-21,29H,1,9-11,13,26H2/b15-7+,22-8-/t20-,21-/m0/s1. The smallest absolute Gasteiger partial charge is 0.261 e. The zero-order valence-electron chi connectivity index (χ0n) is 17.0. The number of fused-ring (bicyclic) bond motifs is 3. The van der Waals surface area contributed by atoms with Crippen LogP contribution < -0.4 is 11.3 Å². The summed E-state index contributed by atoms with van der Waals surface area (Å²) in [5.41, 5.74) is 7.90. The number of nitrogens with two attached hydrogens (primary N) is 1. The maximum Gasteiger partial charge on any atom is 0.261 e. The maximum atomic E-state index is 13.4. The second-order valence-corrected chi connectivity index (χ2v) is 8.04. The first-order valence-corrected chi connectivity index (χ1v) is 10.5. The molecule has 2 heterocycles. The van der Waals surface area contributed by atoms with Gasteiger partial charge in [-0.3, -0.25) is 9.36 Å². The monoisotopic (exact) mass is 437 g/mol. The molecule has 1 aliphatic rings. The normalized spacial score (nSPS) is 20.3. The lowest BCUT2D eigenvalue weighted by Gasteiger charge is -2.29. The van der Waals surface area contributed by atoms with Crippen LogP contribution >= 0.6 is 11.6 Å². The lowest BCUT2D eigenvalue weighted by molar-refractivity contribution is -0.0395. The average Bonchev–Trinajstić information content (AvgIpc) is 2.77. The Balaban J connectivity index is 1.90. The summed E-state index contributed by atoms with van der Waals surface area (Å²) in [5.74, 6) is 0. The summed E-state index contributed by atoms with van der Waals surface area (Å²) in [4.78, 5) is 18.0. The Hall–Kier alpha value is -2.93. The number of rotatable bonds is 5. The third-order valence-electron chi connectivity index (χ3n) is 5.64. The first-order chi connectivity index (χ1) is 15.0. The minimum atomic E-state index is -0.742. The second kappa shape index (κ2) is 9.06. The minimum Gasteiger partial charge on any atom is -0.389 e. The van der Waals surface area contributed by atoms with Crippen LogP contribution in [0, 0.1) is 0 Å². The molecule has 2 atom stereocenters. The number of hydrogen-bond acceptors (Lipinski definition) is 5. The van der Waals surface area contributed by atoms with E-state index in [0.29, 0.717) is 30.4 Å². The maximum absolute atomic E-state index is 13.4. The van der Waals surface area contributed by atoms with Gasteiger partial charge in [0.1, 0.15) is 0 Å². The van der Waals surface area contributed by atoms with E-state index in [1.807, 2.05) is 36.4 Å². The molecule has 1 aromatic heterocycles. The Morgan fingerprint density at radius 1 is 1.32 bits per heavy atom. The van der Waals surface area contributed by atoms with Crippen LogP contribution in [0.25, 0.3) is 21.7 Å². The van der Waals surface area contributed by atoms with Gasteiger partial charge in [0.25, 0.3) is 5.56 Å². The average molecular weight is 438 g/mol. The number of benzene rings is 2. The van der Waals surface area contributed by atoms with Crippen molar-refractivity contribution in [1.82, 2.24) is 9.55 Å². The number of aliphatic hydroxyl groups excluding tert-OH is 1. The SMILES string of the molecule is C=C/C(=C\C=C(/N)Cl)Cc1cc2c(=O)n([C@H]3CCOC[C@@H]3O)cnc2c2ccccc12. The summed E-state index contributed by atoms with van der Waals surface area (Å²) < 4.78 is 6.85. The van der Waals surface area contributed by atoms with Crippen LogP contribution in [-0.4, -0.2) is 34.0 Å². The van der Waals surface area contributed by atoms with E-state index in [2.05, 4.69) is 11.6 Å². The molecular formula is C24H24ClN3O3. The molecule has 0 unspecified atom stereocenters. The number of aliphatic hydroxyl groups is 1. The summed E-state index contributed by atoms with van der Waals surface area (Å²) in [6.45, 7) is 4.59. The van der Waals surface area contributed by atoms with Gasteiger partial charge in [-0.25, -0.2) is 4.98 Å². The summed E-state index contributed by atoms with van der Waals surface area (Å²) in [7, 11) is 0. The fourth-order valence-corrected chi connectivity index (χ4v) is 4.14. The summed E-state index contributed by atoms with van der Waals surface area (Å²) in [5, 5.41) is 13.0. The molecular weight excluding hydrogens is 414 g/mol. The first-order valence-electron chi connectivity index (χ1n) is 10.1. The predicted octanol–water partition coefficient (Wildman–Crippen LogP) is 3.57. The topological polar surface area (TPSA) is 90.4 Å². The van der Waals surface area contributed by atoms with E-state index in [4.69, 9.17) is 22.1 Å². The summed E-state index contributed by atoms with van der Waals surface area (Å²) in [6.07, 6.45) is 7.08. The van der Waals surface area contributed by atoms with Gasteiger partial charge >= 0.3 is 0 Å². The summed E-state index contributed by atoms with van der Waals surface area (Å²) >= 11 is 5.76. The third-order valence-corrected chi connectivity index (χ3v) is 5.77. The molecule has 7 heteroatoms. The van der Waals surface area contributed by atoms with E-state index in [-0.39, 0.29) is 23.4 Å². The van der Waals surface area contributed by atoms with E-state index in [1.165, 1.54) is 4.57 Å². The van der Waals surface area contributed by atoms with Crippen molar-refractivity contribution >= 4 is 33.3 Å². The van der Waals surface area contributed by atoms with Crippen molar-refractivity contribution in [2.24, 2.45) is 5.73 Å². The highest BCUT2D eigenvalue weighted by Crippen LogP contribution is 2.29. The van der Waals surface area contributed by atoms with Crippen molar-refractivity contribution in [2.75, 3.05) is 13.2 Å². The van der Waals surface area contributed by atoms with Gasteiger partial charge in [0, 0.05) is 12.0 Å². The Morgan fingerprint density at radius 3 is 2.81 bits per heavy atom. The highest BCUT2D eigenvalue weighted by atomic mass is 35.5. The van der Waals surface area contributed by atoms with Gasteiger partial charge in [-0.15, -0.1) is 0 Å². The molecule has 0 amide bonds. The lowest BCUT2D eigenvalue weighted by Crippen LogP contribution is -2.39. The van der Waals surface area contributed by atoms with Gasteiger partial charge in [0.15, 0.2) is 0 Å². The van der Waals surface area contributed by atoms with Gasteiger partial charge in [-0.05, 0) is 41.5 Å². The van der Waals surface area contributed by atoms with Gasteiger partial charge < -0.3 is 15.6 Å². The molecule has 0 radical (unpaired) electrons. The largest absolute Gasteiger partial charge is 0.389 e. The Kier molecular flexibility index (Phi) is 6.23. The molecule has 0 bridgehead atoms. The zero-order chi connectivity index (χ0) is 22.0. The van der Waals surface area contributed by atoms with Crippen LogP contribution in [0.15, 0.2) is 77.0 Å². The second-order valence-electron chi connectivity index (χ2n) is 7.61. The number of aromatic nitrogens is 2. The van der Waals surface area contributed by atoms with Crippen molar-refractivity contribution in [3.05, 3.63) is 88.1 Å². The number of nitrogens with zero attached hydrogens (tertiary/aromatic N) is 2. The number of allylic oxidation sites excluding steroid dienone is 4. The molecule has 1 fully saturated rings. The molecule has 31 heavy (non-hydrogen) atoms. The van der Waals surface area contributed by atoms with E-state index in [1.54, 1.807) is 18.5 Å². The lowest BCUT2D eigenvalue weighted by atomic mass is 9.95. The number of halogens is 1. The van der Waals surface area contributed by atoms with Crippen LogP contribution in [0.1, 0.15) is 18.0 Å². The minimum absolute atomic E-state index is 0.169. The zero-order valence-corrected chi connectivity index (χ0v) is 17.8.